The third-order valence-corrected chi connectivity index (χ3v) is 4.59. The van der Waals surface area contributed by atoms with Gasteiger partial charge in [0.15, 0.2) is 5.82 Å². The molecule has 1 aliphatic heterocycles. The third kappa shape index (κ3) is 4.07. The molecule has 0 unspecified atom stereocenters. The van der Waals surface area contributed by atoms with E-state index in [1.165, 1.54) is 19.0 Å². The van der Waals surface area contributed by atoms with Crippen molar-refractivity contribution in [1.82, 2.24) is 19.4 Å². The highest BCUT2D eigenvalue weighted by Gasteiger charge is 2.21. The minimum atomic E-state index is -0.520. The van der Waals surface area contributed by atoms with Crippen molar-refractivity contribution in [1.29, 1.82) is 0 Å². The zero-order valence-electron chi connectivity index (χ0n) is 14.0. The summed E-state index contributed by atoms with van der Waals surface area (Å²) >= 11 is 0. The van der Waals surface area contributed by atoms with E-state index in [0.717, 1.165) is 19.0 Å². The van der Waals surface area contributed by atoms with Gasteiger partial charge in [0.05, 0.1) is 12.6 Å². The van der Waals surface area contributed by atoms with Gasteiger partial charge in [-0.1, -0.05) is 6.92 Å². The molecule has 1 saturated heterocycles. The lowest BCUT2D eigenvalue weighted by atomic mass is 9.99. The van der Waals surface area contributed by atoms with Crippen LogP contribution in [0.2, 0.25) is 0 Å². The number of hydrogen-bond donors (Lipinski definition) is 1. The van der Waals surface area contributed by atoms with Crippen LogP contribution in [0.5, 0.6) is 0 Å². The van der Waals surface area contributed by atoms with Crippen LogP contribution in [0.25, 0.3) is 0 Å². The van der Waals surface area contributed by atoms with E-state index in [2.05, 4.69) is 21.8 Å². The number of nitrogens with zero attached hydrogens (tertiary/aromatic N) is 4. The largest absolute Gasteiger partial charge is 0.390 e. The molecule has 0 amide bonds. The highest BCUT2D eigenvalue weighted by Crippen LogP contribution is 2.16. The average Bonchev–Trinajstić information content (AvgIpc) is 3.05. The number of carbonyl (C=O) groups is 1. The van der Waals surface area contributed by atoms with Crippen molar-refractivity contribution in [3.8, 4) is 0 Å². The van der Waals surface area contributed by atoms with E-state index in [-0.39, 0.29) is 5.78 Å². The second-order valence-electron chi connectivity index (χ2n) is 6.61. The van der Waals surface area contributed by atoms with Crippen molar-refractivity contribution in [2.45, 2.75) is 32.4 Å². The number of aliphatic hydroxyl groups excluding tert-OH is 1. The summed E-state index contributed by atoms with van der Waals surface area (Å²) in [5.41, 5.74) is 0.504. The second kappa shape index (κ2) is 7.68. The molecule has 1 N–H and O–H groups in total. The zero-order chi connectivity index (χ0) is 16.9. The minimum absolute atomic E-state index is 0.174. The number of hydrogen-bond acceptors (Lipinski definition) is 5. The van der Waals surface area contributed by atoms with Gasteiger partial charge in [0.25, 0.3) is 0 Å². The van der Waals surface area contributed by atoms with Crippen molar-refractivity contribution < 1.29 is 9.90 Å². The molecule has 6 nitrogen and oxygen atoms in total. The maximum atomic E-state index is 12.5. The molecule has 0 spiro atoms. The number of ketones is 1. The Morgan fingerprint density at radius 2 is 2.12 bits per heavy atom. The molecular formula is C18H24N4O2. The van der Waals surface area contributed by atoms with Crippen LogP contribution in [0.4, 0.5) is 0 Å². The maximum Gasteiger partial charge on any atom is 0.229 e. The molecule has 1 fully saturated rings. The molecule has 128 valence electrons. The van der Waals surface area contributed by atoms with Crippen molar-refractivity contribution in [2.24, 2.45) is 5.92 Å². The smallest absolute Gasteiger partial charge is 0.229 e. The molecule has 3 heterocycles. The Morgan fingerprint density at radius 1 is 1.33 bits per heavy atom. The van der Waals surface area contributed by atoms with Gasteiger partial charge in [0, 0.05) is 36.9 Å². The lowest BCUT2D eigenvalue weighted by molar-refractivity contribution is 0.0788. The van der Waals surface area contributed by atoms with Crippen LogP contribution >= 0.6 is 0 Å². The van der Waals surface area contributed by atoms with Crippen LogP contribution in [0.3, 0.4) is 0 Å². The summed E-state index contributed by atoms with van der Waals surface area (Å²) in [7, 11) is 0. The predicted octanol–water partition coefficient (Wildman–Crippen LogP) is 1.60. The van der Waals surface area contributed by atoms with Crippen LogP contribution in [0.15, 0.2) is 36.9 Å². The van der Waals surface area contributed by atoms with E-state index in [1.807, 2.05) is 0 Å². The van der Waals surface area contributed by atoms with Gasteiger partial charge < -0.3 is 14.6 Å². The van der Waals surface area contributed by atoms with E-state index in [4.69, 9.17) is 0 Å². The van der Waals surface area contributed by atoms with E-state index in [1.54, 1.807) is 35.3 Å². The van der Waals surface area contributed by atoms with Crippen LogP contribution in [0, 0.1) is 5.92 Å². The predicted molar refractivity (Wildman–Crippen MR) is 90.7 cm³/mol. The molecule has 2 aromatic heterocycles. The monoisotopic (exact) mass is 328 g/mol. The fourth-order valence-electron chi connectivity index (χ4n) is 3.12. The highest BCUT2D eigenvalue weighted by atomic mass is 16.3. The van der Waals surface area contributed by atoms with Gasteiger partial charge in [0.2, 0.25) is 5.78 Å². The summed E-state index contributed by atoms with van der Waals surface area (Å²) in [5.74, 6) is 0.942. The lowest BCUT2D eigenvalue weighted by Gasteiger charge is -2.31. The van der Waals surface area contributed by atoms with Gasteiger partial charge in [-0.2, -0.15) is 0 Å². The van der Waals surface area contributed by atoms with Crippen molar-refractivity contribution in [2.75, 3.05) is 19.6 Å². The van der Waals surface area contributed by atoms with E-state index in [0.29, 0.717) is 24.5 Å². The standard InChI is InChI=1S/C18H24N4O2/c1-14-4-8-21(9-5-14)12-16(23)13-22-10-7-20-18(22)17(24)15-3-2-6-19-11-15/h2-3,6-7,10-11,14,16,23H,4-5,8-9,12-13H2,1H3/t16-/m0/s1. The Bertz CT molecular complexity index is 663. The molecule has 0 saturated carbocycles. The number of β-amino-alcohol motifs (C(OH)–C–C–N with tert-alkyl or cyclic N) is 1. The van der Waals surface area contributed by atoms with Gasteiger partial charge in [-0.05, 0) is 44.0 Å². The van der Waals surface area contributed by atoms with Gasteiger partial charge in [-0.3, -0.25) is 9.78 Å². The van der Waals surface area contributed by atoms with E-state index < -0.39 is 6.10 Å². The normalized spacial score (nSPS) is 17.8. The fraction of sp³-hybridized carbons (Fsp3) is 0.500. The highest BCUT2D eigenvalue weighted by molar-refractivity contribution is 6.06. The lowest BCUT2D eigenvalue weighted by Crippen LogP contribution is -2.39. The molecule has 0 aromatic carbocycles. The van der Waals surface area contributed by atoms with Gasteiger partial charge in [-0.15, -0.1) is 0 Å². The first kappa shape index (κ1) is 16.8. The number of likely N-dealkylation sites (tertiary alicyclic amines) is 1. The maximum absolute atomic E-state index is 12.5. The zero-order valence-corrected chi connectivity index (χ0v) is 14.0. The first-order chi connectivity index (χ1) is 11.6. The van der Waals surface area contributed by atoms with Gasteiger partial charge in [-0.25, -0.2) is 4.98 Å². The number of rotatable bonds is 6. The number of piperidine rings is 1. The molecule has 0 aliphatic carbocycles. The average molecular weight is 328 g/mol. The Balaban J connectivity index is 1.62. The molecule has 2 aromatic rings. The fourth-order valence-corrected chi connectivity index (χ4v) is 3.12. The summed E-state index contributed by atoms with van der Waals surface area (Å²) in [6, 6.07) is 3.45. The van der Waals surface area contributed by atoms with E-state index in [9.17, 15) is 9.90 Å². The molecule has 0 bridgehead atoms. The Hall–Kier alpha value is -2.05. The SMILES string of the molecule is CC1CCN(C[C@H](O)Cn2ccnc2C(=O)c2cccnc2)CC1. The number of pyridine rings is 1. The molecule has 3 rings (SSSR count). The third-order valence-electron chi connectivity index (χ3n) is 4.59. The number of imidazole rings is 1. The van der Waals surface area contributed by atoms with Crippen LogP contribution in [-0.4, -0.2) is 56.1 Å². The van der Waals surface area contributed by atoms with Crippen molar-refractivity contribution in [3.63, 3.8) is 0 Å². The van der Waals surface area contributed by atoms with Gasteiger partial charge >= 0.3 is 0 Å². The van der Waals surface area contributed by atoms with Crippen LogP contribution in [0.1, 0.15) is 35.9 Å². The summed E-state index contributed by atoms with van der Waals surface area (Å²) in [5, 5.41) is 10.4. The topological polar surface area (TPSA) is 71.2 Å². The Labute approximate surface area is 142 Å². The molecular weight excluding hydrogens is 304 g/mol. The quantitative estimate of drug-likeness (QED) is 0.816. The summed E-state index contributed by atoms with van der Waals surface area (Å²) in [6.07, 6.45) is 8.35. The molecule has 1 atom stereocenters. The summed E-state index contributed by atoms with van der Waals surface area (Å²) in [6.45, 7) is 5.33. The summed E-state index contributed by atoms with van der Waals surface area (Å²) < 4.78 is 1.73. The Kier molecular flexibility index (Phi) is 5.37. The van der Waals surface area contributed by atoms with Crippen LogP contribution < -0.4 is 0 Å². The molecule has 24 heavy (non-hydrogen) atoms. The first-order valence-electron chi connectivity index (χ1n) is 8.49. The molecule has 0 radical (unpaired) electrons. The van der Waals surface area contributed by atoms with Crippen LogP contribution in [-0.2, 0) is 6.54 Å². The van der Waals surface area contributed by atoms with Crippen molar-refractivity contribution >= 4 is 5.78 Å². The summed E-state index contributed by atoms with van der Waals surface area (Å²) in [4.78, 5) is 23.0. The van der Waals surface area contributed by atoms with E-state index >= 15 is 0 Å². The minimum Gasteiger partial charge on any atom is -0.390 e. The molecule has 6 heteroatoms. The Morgan fingerprint density at radius 3 is 2.83 bits per heavy atom. The number of carbonyl (C=O) groups excluding carboxylic acids is 1. The number of aliphatic hydroxyl groups is 1. The number of aromatic nitrogens is 3. The second-order valence-corrected chi connectivity index (χ2v) is 6.61. The van der Waals surface area contributed by atoms with Crippen molar-refractivity contribution in [3.05, 3.63) is 48.3 Å². The van der Waals surface area contributed by atoms with Gasteiger partial charge in [0.1, 0.15) is 0 Å². The molecule has 1 aliphatic rings. The first-order valence-corrected chi connectivity index (χ1v) is 8.49.